The third-order valence-electron chi connectivity index (χ3n) is 1.93. The molecule has 0 bridgehead atoms. The van der Waals surface area contributed by atoms with Crippen LogP contribution in [-0.2, 0) is 6.42 Å². The molecule has 0 fully saturated rings. The summed E-state index contributed by atoms with van der Waals surface area (Å²) >= 11 is 3.17. The fraction of sp³-hybridized carbons (Fsp3) is 0.800. The molecule has 1 heterocycles. The maximum atomic E-state index is 5.04. The van der Waals surface area contributed by atoms with Gasteiger partial charge in [-0.25, -0.2) is 0 Å². The molecule has 1 atom stereocenters. The van der Waals surface area contributed by atoms with Crippen molar-refractivity contribution in [2.24, 2.45) is 11.3 Å². The molecule has 1 aromatic heterocycles. The van der Waals surface area contributed by atoms with Crippen LogP contribution in [0.3, 0.4) is 0 Å². The monoisotopic (exact) mass is 260 g/mol. The van der Waals surface area contributed by atoms with E-state index in [9.17, 15) is 0 Å². The highest BCUT2D eigenvalue weighted by Gasteiger charge is 2.17. The number of nitrogens with zero attached hydrogens (tertiary/aromatic N) is 2. The van der Waals surface area contributed by atoms with Crippen LogP contribution in [-0.4, -0.2) is 10.1 Å². The van der Waals surface area contributed by atoms with Crippen LogP contribution in [0, 0.1) is 11.3 Å². The molecule has 0 radical (unpaired) electrons. The minimum absolute atomic E-state index is 0.358. The third kappa shape index (κ3) is 4.22. The molecule has 1 aromatic rings. The van der Waals surface area contributed by atoms with Gasteiger partial charge in [0.2, 0.25) is 10.6 Å². The van der Waals surface area contributed by atoms with Crippen LogP contribution in [0.1, 0.15) is 40.0 Å². The van der Waals surface area contributed by atoms with E-state index >= 15 is 0 Å². The highest BCUT2D eigenvalue weighted by atomic mass is 79.9. The Bertz CT molecular complexity index is 291. The minimum atomic E-state index is 0.358. The molecule has 1 unspecified atom stereocenters. The predicted molar refractivity (Wildman–Crippen MR) is 58.9 cm³/mol. The topological polar surface area (TPSA) is 38.9 Å². The zero-order valence-electron chi connectivity index (χ0n) is 9.17. The van der Waals surface area contributed by atoms with Gasteiger partial charge in [0, 0.05) is 6.42 Å². The Morgan fingerprint density at radius 3 is 2.50 bits per heavy atom. The molecule has 0 aliphatic rings. The molecule has 0 aromatic carbocycles. The van der Waals surface area contributed by atoms with E-state index in [1.807, 2.05) is 0 Å². The van der Waals surface area contributed by atoms with Crippen molar-refractivity contribution in [3.05, 3.63) is 10.6 Å². The van der Waals surface area contributed by atoms with Gasteiger partial charge < -0.3 is 4.52 Å². The largest absolute Gasteiger partial charge is 0.338 e. The number of hydrogen-bond acceptors (Lipinski definition) is 3. The van der Waals surface area contributed by atoms with Gasteiger partial charge in [-0.15, -0.1) is 0 Å². The molecular weight excluding hydrogens is 244 g/mol. The van der Waals surface area contributed by atoms with Gasteiger partial charge in [-0.1, -0.05) is 27.7 Å². The first-order chi connectivity index (χ1) is 6.37. The lowest BCUT2D eigenvalue weighted by molar-refractivity contribution is 0.282. The molecule has 80 valence electrons. The molecule has 0 spiro atoms. The second-order valence-electron chi connectivity index (χ2n) is 5.03. The lowest BCUT2D eigenvalue weighted by Gasteiger charge is -2.21. The third-order valence-corrected chi connectivity index (χ3v) is 2.25. The normalized spacial score (nSPS) is 14.4. The van der Waals surface area contributed by atoms with E-state index in [1.54, 1.807) is 0 Å². The van der Waals surface area contributed by atoms with Crippen molar-refractivity contribution in [2.75, 3.05) is 0 Å². The Morgan fingerprint density at radius 1 is 1.43 bits per heavy atom. The lowest BCUT2D eigenvalue weighted by atomic mass is 9.84. The first kappa shape index (κ1) is 11.7. The minimum Gasteiger partial charge on any atom is -0.338 e. The summed E-state index contributed by atoms with van der Waals surface area (Å²) in [7, 11) is 0. The Labute approximate surface area is 93.4 Å². The van der Waals surface area contributed by atoms with Crippen molar-refractivity contribution in [3.63, 3.8) is 0 Å². The summed E-state index contributed by atoms with van der Waals surface area (Å²) in [5, 5.41) is 3.70. The molecule has 3 nitrogen and oxygen atoms in total. The van der Waals surface area contributed by atoms with Gasteiger partial charge in [0.05, 0.1) is 0 Å². The van der Waals surface area contributed by atoms with E-state index in [1.165, 1.54) is 0 Å². The SMILES string of the molecule is CC(Cc1nc(Br)no1)CC(C)(C)C. The maximum Gasteiger partial charge on any atom is 0.238 e. The predicted octanol–water partition coefficient (Wildman–Crippen LogP) is 3.45. The van der Waals surface area contributed by atoms with E-state index in [2.05, 4.69) is 53.8 Å². The molecule has 0 saturated heterocycles. The average Bonchev–Trinajstić information content (AvgIpc) is 2.30. The van der Waals surface area contributed by atoms with Crippen molar-refractivity contribution < 1.29 is 4.52 Å². The number of aromatic nitrogens is 2. The van der Waals surface area contributed by atoms with Crippen molar-refractivity contribution in [1.29, 1.82) is 0 Å². The second kappa shape index (κ2) is 4.43. The van der Waals surface area contributed by atoms with Crippen LogP contribution in [0.15, 0.2) is 9.26 Å². The zero-order chi connectivity index (χ0) is 10.8. The molecular formula is C10H17BrN2O. The fourth-order valence-corrected chi connectivity index (χ4v) is 2.00. The smallest absolute Gasteiger partial charge is 0.238 e. The summed E-state index contributed by atoms with van der Waals surface area (Å²) < 4.78 is 5.58. The standard InChI is InChI=1S/C10H17BrN2O/c1-7(6-10(2,3)4)5-8-12-9(11)13-14-8/h7H,5-6H2,1-4H3. The van der Waals surface area contributed by atoms with E-state index < -0.39 is 0 Å². The first-order valence-corrected chi connectivity index (χ1v) is 5.64. The summed E-state index contributed by atoms with van der Waals surface area (Å²) in [6.07, 6.45) is 2.02. The molecule has 0 saturated carbocycles. The van der Waals surface area contributed by atoms with Crippen molar-refractivity contribution >= 4 is 15.9 Å². The lowest BCUT2D eigenvalue weighted by Crippen LogP contribution is -2.12. The number of hydrogen-bond donors (Lipinski definition) is 0. The number of rotatable bonds is 3. The Morgan fingerprint density at radius 2 is 2.07 bits per heavy atom. The van der Waals surface area contributed by atoms with Crippen molar-refractivity contribution in [3.8, 4) is 0 Å². The Kier molecular flexibility index (Phi) is 3.70. The van der Waals surface area contributed by atoms with Crippen LogP contribution < -0.4 is 0 Å². The quantitative estimate of drug-likeness (QED) is 0.836. The van der Waals surface area contributed by atoms with Crippen molar-refractivity contribution in [1.82, 2.24) is 10.1 Å². The summed E-state index contributed by atoms with van der Waals surface area (Å²) in [6, 6.07) is 0. The maximum absolute atomic E-state index is 5.04. The summed E-state index contributed by atoms with van der Waals surface area (Å²) in [5.74, 6) is 1.29. The van der Waals surface area contributed by atoms with Gasteiger partial charge >= 0.3 is 0 Å². The van der Waals surface area contributed by atoms with Crippen LogP contribution in [0.2, 0.25) is 0 Å². The Balaban J connectivity index is 2.45. The number of halogens is 1. The van der Waals surface area contributed by atoms with Gasteiger partial charge in [0.1, 0.15) is 0 Å². The first-order valence-electron chi connectivity index (χ1n) is 4.85. The highest BCUT2D eigenvalue weighted by molar-refractivity contribution is 9.10. The second-order valence-corrected chi connectivity index (χ2v) is 5.74. The molecule has 0 amide bonds. The summed E-state index contributed by atoms with van der Waals surface area (Å²) in [6.45, 7) is 8.94. The summed E-state index contributed by atoms with van der Waals surface area (Å²) in [5.41, 5.74) is 0.358. The van der Waals surface area contributed by atoms with Gasteiger partial charge in [0.15, 0.2) is 0 Å². The Hall–Kier alpha value is -0.380. The molecule has 0 aliphatic heterocycles. The van der Waals surface area contributed by atoms with E-state index in [0.29, 0.717) is 22.0 Å². The van der Waals surface area contributed by atoms with Gasteiger partial charge in [-0.2, -0.15) is 4.98 Å². The van der Waals surface area contributed by atoms with E-state index in [0.717, 1.165) is 12.8 Å². The molecule has 0 aliphatic carbocycles. The van der Waals surface area contributed by atoms with E-state index in [-0.39, 0.29) is 0 Å². The van der Waals surface area contributed by atoms with Gasteiger partial charge in [-0.3, -0.25) is 0 Å². The van der Waals surface area contributed by atoms with Crippen LogP contribution in [0.5, 0.6) is 0 Å². The summed E-state index contributed by atoms with van der Waals surface area (Å²) in [4.78, 5) is 4.12. The average molecular weight is 261 g/mol. The van der Waals surface area contributed by atoms with E-state index in [4.69, 9.17) is 4.52 Å². The van der Waals surface area contributed by atoms with Crippen LogP contribution >= 0.6 is 15.9 Å². The van der Waals surface area contributed by atoms with Crippen LogP contribution in [0.4, 0.5) is 0 Å². The van der Waals surface area contributed by atoms with Crippen molar-refractivity contribution in [2.45, 2.75) is 40.5 Å². The molecule has 14 heavy (non-hydrogen) atoms. The molecule has 4 heteroatoms. The molecule has 1 rings (SSSR count). The van der Waals surface area contributed by atoms with Crippen LogP contribution in [0.25, 0.3) is 0 Å². The van der Waals surface area contributed by atoms with Gasteiger partial charge in [0.25, 0.3) is 0 Å². The highest BCUT2D eigenvalue weighted by Crippen LogP contribution is 2.26. The van der Waals surface area contributed by atoms with Gasteiger partial charge in [-0.05, 0) is 38.8 Å². The fourth-order valence-electron chi connectivity index (χ4n) is 1.73. The zero-order valence-corrected chi connectivity index (χ0v) is 10.8. The molecule has 0 N–H and O–H groups in total.